The SMILES string of the molecule is CNc1ncc(S(=O)(=O)N2CCn3cnnc3C2)cn1. The molecule has 0 radical (unpaired) electrons. The van der Waals surface area contributed by atoms with Crippen molar-refractivity contribution < 1.29 is 8.42 Å². The first-order chi connectivity index (χ1) is 9.61. The summed E-state index contributed by atoms with van der Waals surface area (Å²) in [7, 11) is -1.94. The van der Waals surface area contributed by atoms with Gasteiger partial charge < -0.3 is 9.88 Å². The Kier molecular flexibility index (Phi) is 3.10. The molecule has 1 aliphatic rings. The van der Waals surface area contributed by atoms with Crippen molar-refractivity contribution in [3.05, 3.63) is 24.5 Å². The van der Waals surface area contributed by atoms with Crippen LogP contribution < -0.4 is 5.32 Å². The van der Waals surface area contributed by atoms with Gasteiger partial charge in [-0.25, -0.2) is 18.4 Å². The van der Waals surface area contributed by atoms with Gasteiger partial charge in [-0.1, -0.05) is 0 Å². The summed E-state index contributed by atoms with van der Waals surface area (Å²) in [6.07, 6.45) is 4.20. The first kappa shape index (κ1) is 12.9. The second-order valence-corrected chi connectivity index (χ2v) is 6.21. The number of hydrogen-bond acceptors (Lipinski definition) is 7. The van der Waals surface area contributed by atoms with Crippen LogP contribution in [-0.4, -0.2) is 51.0 Å². The van der Waals surface area contributed by atoms with E-state index in [0.29, 0.717) is 24.9 Å². The van der Waals surface area contributed by atoms with E-state index >= 15 is 0 Å². The first-order valence-electron chi connectivity index (χ1n) is 5.98. The lowest BCUT2D eigenvalue weighted by Gasteiger charge is -2.26. The van der Waals surface area contributed by atoms with Crippen LogP contribution in [0, 0.1) is 0 Å². The number of fused-ring (bicyclic) bond motifs is 1. The highest BCUT2D eigenvalue weighted by atomic mass is 32.2. The number of sulfonamides is 1. The average Bonchev–Trinajstić information content (AvgIpc) is 2.94. The molecule has 10 heteroatoms. The zero-order valence-electron chi connectivity index (χ0n) is 10.8. The predicted octanol–water partition coefficient (Wildman–Crippen LogP) is -0.686. The molecular weight excluding hydrogens is 282 g/mol. The van der Waals surface area contributed by atoms with Crippen molar-refractivity contribution in [2.45, 2.75) is 18.0 Å². The molecule has 0 atom stereocenters. The number of rotatable bonds is 3. The van der Waals surface area contributed by atoms with E-state index in [9.17, 15) is 8.42 Å². The van der Waals surface area contributed by atoms with Crippen molar-refractivity contribution >= 4 is 16.0 Å². The molecule has 3 rings (SSSR count). The summed E-state index contributed by atoms with van der Waals surface area (Å²) in [5.74, 6) is 1.01. The van der Waals surface area contributed by atoms with Crippen molar-refractivity contribution in [1.82, 2.24) is 29.0 Å². The predicted molar refractivity (Wildman–Crippen MR) is 69.2 cm³/mol. The average molecular weight is 295 g/mol. The number of hydrogen-bond donors (Lipinski definition) is 1. The molecule has 2 aromatic rings. The van der Waals surface area contributed by atoms with Crippen LogP contribution in [-0.2, 0) is 23.1 Å². The molecule has 3 heterocycles. The molecule has 0 spiro atoms. The summed E-state index contributed by atoms with van der Waals surface area (Å²) in [4.78, 5) is 7.94. The van der Waals surface area contributed by atoms with E-state index in [0.717, 1.165) is 0 Å². The maximum atomic E-state index is 12.5. The molecule has 0 fully saturated rings. The summed E-state index contributed by atoms with van der Waals surface area (Å²) < 4.78 is 28.2. The lowest BCUT2D eigenvalue weighted by Crippen LogP contribution is -2.38. The monoisotopic (exact) mass is 295 g/mol. The lowest BCUT2D eigenvalue weighted by atomic mass is 10.4. The topological polar surface area (TPSA) is 106 Å². The van der Waals surface area contributed by atoms with Gasteiger partial charge >= 0.3 is 0 Å². The van der Waals surface area contributed by atoms with E-state index < -0.39 is 10.0 Å². The van der Waals surface area contributed by atoms with E-state index in [4.69, 9.17) is 0 Å². The van der Waals surface area contributed by atoms with Crippen LogP contribution in [0.25, 0.3) is 0 Å². The highest BCUT2D eigenvalue weighted by Crippen LogP contribution is 2.19. The number of nitrogens with one attached hydrogen (secondary N) is 1. The molecule has 1 aliphatic heterocycles. The molecular formula is C10H13N7O2S. The molecule has 0 aliphatic carbocycles. The Bertz CT molecular complexity index is 709. The molecule has 0 unspecified atom stereocenters. The van der Waals surface area contributed by atoms with Gasteiger partial charge in [-0.15, -0.1) is 10.2 Å². The quantitative estimate of drug-likeness (QED) is 0.799. The number of nitrogens with zero attached hydrogens (tertiary/aromatic N) is 6. The van der Waals surface area contributed by atoms with Crippen LogP contribution in [0.5, 0.6) is 0 Å². The Morgan fingerprint density at radius 3 is 2.70 bits per heavy atom. The van der Waals surface area contributed by atoms with Crippen LogP contribution in [0.15, 0.2) is 23.6 Å². The van der Waals surface area contributed by atoms with Crippen molar-refractivity contribution in [2.24, 2.45) is 0 Å². The molecule has 106 valence electrons. The fourth-order valence-corrected chi connectivity index (χ4v) is 3.25. The summed E-state index contributed by atoms with van der Waals surface area (Å²) in [5, 5.41) is 10.4. The Balaban J connectivity index is 1.88. The van der Waals surface area contributed by atoms with Crippen LogP contribution in [0.3, 0.4) is 0 Å². The molecule has 0 amide bonds. The zero-order valence-corrected chi connectivity index (χ0v) is 11.6. The molecule has 0 saturated heterocycles. The maximum Gasteiger partial charge on any atom is 0.246 e. The molecule has 0 aromatic carbocycles. The van der Waals surface area contributed by atoms with Gasteiger partial charge in [0.05, 0.1) is 18.9 Å². The highest BCUT2D eigenvalue weighted by molar-refractivity contribution is 7.89. The minimum atomic E-state index is -3.61. The van der Waals surface area contributed by atoms with Crippen molar-refractivity contribution in [3.8, 4) is 0 Å². The summed E-state index contributed by atoms with van der Waals surface area (Å²) in [5.41, 5.74) is 0. The first-order valence-corrected chi connectivity index (χ1v) is 7.42. The normalized spacial score (nSPS) is 15.8. The van der Waals surface area contributed by atoms with Gasteiger partial charge in [0.1, 0.15) is 17.0 Å². The van der Waals surface area contributed by atoms with E-state index in [1.807, 2.05) is 4.57 Å². The fraction of sp³-hybridized carbons (Fsp3) is 0.400. The molecule has 2 aromatic heterocycles. The number of anilines is 1. The Morgan fingerprint density at radius 2 is 2.00 bits per heavy atom. The second kappa shape index (κ2) is 4.80. The smallest absolute Gasteiger partial charge is 0.246 e. The largest absolute Gasteiger partial charge is 0.357 e. The van der Waals surface area contributed by atoms with Gasteiger partial charge in [-0.2, -0.15) is 4.31 Å². The Labute approximate surface area is 115 Å². The minimum Gasteiger partial charge on any atom is -0.357 e. The van der Waals surface area contributed by atoms with E-state index in [2.05, 4.69) is 25.5 Å². The van der Waals surface area contributed by atoms with E-state index in [1.165, 1.54) is 16.7 Å². The Hall–Kier alpha value is -2.07. The van der Waals surface area contributed by atoms with Crippen LogP contribution in [0.2, 0.25) is 0 Å². The van der Waals surface area contributed by atoms with Gasteiger partial charge in [-0.05, 0) is 0 Å². The second-order valence-electron chi connectivity index (χ2n) is 4.27. The summed E-state index contributed by atoms with van der Waals surface area (Å²) >= 11 is 0. The Morgan fingerprint density at radius 1 is 1.25 bits per heavy atom. The van der Waals surface area contributed by atoms with Crippen molar-refractivity contribution in [2.75, 3.05) is 18.9 Å². The molecule has 0 bridgehead atoms. The van der Waals surface area contributed by atoms with Gasteiger partial charge in [0.25, 0.3) is 0 Å². The minimum absolute atomic E-state index is 0.0736. The summed E-state index contributed by atoms with van der Waals surface area (Å²) in [6, 6.07) is 0. The molecule has 0 saturated carbocycles. The third kappa shape index (κ3) is 2.12. The van der Waals surface area contributed by atoms with E-state index in [1.54, 1.807) is 13.4 Å². The highest BCUT2D eigenvalue weighted by Gasteiger charge is 2.29. The molecule has 1 N–H and O–H groups in total. The standard InChI is InChI=1S/C10H13N7O2S/c1-11-10-12-4-8(5-13-10)20(18,19)17-3-2-16-7-14-15-9(16)6-17/h4-5,7H,2-3,6H2,1H3,(H,11,12,13). The number of aromatic nitrogens is 5. The van der Waals surface area contributed by atoms with Crippen molar-refractivity contribution in [3.63, 3.8) is 0 Å². The third-order valence-electron chi connectivity index (χ3n) is 3.09. The van der Waals surface area contributed by atoms with Gasteiger partial charge in [0, 0.05) is 20.1 Å². The molecule has 20 heavy (non-hydrogen) atoms. The van der Waals surface area contributed by atoms with Gasteiger partial charge in [0.15, 0.2) is 0 Å². The van der Waals surface area contributed by atoms with Crippen LogP contribution in [0.4, 0.5) is 5.95 Å². The van der Waals surface area contributed by atoms with E-state index in [-0.39, 0.29) is 11.4 Å². The van der Waals surface area contributed by atoms with Crippen LogP contribution >= 0.6 is 0 Å². The third-order valence-corrected chi connectivity index (χ3v) is 4.89. The van der Waals surface area contributed by atoms with Gasteiger partial charge in [0.2, 0.25) is 16.0 Å². The van der Waals surface area contributed by atoms with Gasteiger partial charge in [-0.3, -0.25) is 0 Å². The maximum absolute atomic E-state index is 12.5. The van der Waals surface area contributed by atoms with Crippen molar-refractivity contribution in [1.29, 1.82) is 0 Å². The lowest BCUT2D eigenvalue weighted by molar-refractivity contribution is 0.335. The zero-order chi connectivity index (χ0) is 14.2. The summed E-state index contributed by atoms with van der Waals surface area (Å²) in [6.45, 7) is 1.12. The van der Waals surface area contributed by atoms with Crippen LogP contribution in [0.1, 0.15) is 5.82 Å². The fourth-order valence-electron chi connectivity index (χ4n) is 1.98. The molecule has 9 nitrogen and oxygen atoms in total.